The maximum absolute atomic E-state index is 14.0. The number of hydrogen-bond acceptors (Lipinski definition) is 4. The molecule has 5 nitrogen and oxygen atoms in total. The Morgan fingerprint density at radius 3 is 2.90 bits per heavy atom. The lowest BCUT2D eigenvalue weighted by Crippen LogP contribution is -2.08. The van der Waals surface area contributed by atoms with E-state index in [1.165, 1.54) is 4.68 Å². The van der Waals surface area contributed by atoms with Crippen LogP contribution in [0.1, 0.15) is 30.0 Å². The molecule has 0 bridgehead atoms. The molecule has 0 saturated carbocycles. The van der Waals surface area contributed by atoms with E-state index in [2.05, 4.69) is 10.1 Å². The van der Waals surface area contributed by atoms with Crippen molar-refractivity contribution in [2.24, 2.45) is 0 Å². The Kier molecular flexibility index (Phi) is 3.32. The van der Waals surface area contributed by atoms with E-state index in [1.54, 1.807) is 6.07 Å². The first-order valence-electron chi connectivity index (χ1n) is 6.11. The van der Waals surface area contributed by atoms with Crippen molar-refractivity contribution in [2.45, 2.75) is 23.8 Å². The van der Waals surface area contributed by atoms with Crippen LogP contribution in [0.25, 0.3) is 0 Å². The maximum atomic E-state index is 14.0. The predicted octanol–water partition coefficient (Wildman–Crippen LogP) is 1.91. The van der Waals surface area contributed by atoms with Crippen LogP contribution in [0.4, 0.5) is 4.39 Å². The Balaban J connectivity index is 1.98. The third-order valence-electron chi connectivity index (χ3n) is 3.23. The molecule has 2 heterocycles. The molecule has 0 N–H and O–H groups in total. The molecular formula is C13H11FN4OS. The fourth-order valence-corrected chi connectivity index (χ4v) is 2.95. The van der Waals surface area contributed by atoms with Crippen LogP contribution < -0.4 is 0 Å². The summed E-state index contributed by atoms with van der Waals surface area (Å²) in [5.74, 6) is 0.0105. The number of fused-ring (bicyclic) bond motifs is 1. The Bertz CT molecular complexity index is 694. The van der Waals surface area contributed by atoms with Gasteiger partial charge in [-0.25, -0.2) is 18.3 Å². The molecule has 0 fully saturated rings. The van der Waals surface area contributed by atoms with Gasteiger partial charge in [-0.2, -0.15) is 5.26 Å². The Morgan fingerprint density at radius 2 is 2.20 bits per heavy atom. The largest absolute Gasteiger partial charge is 0.250 e. The van der Waals surface area contributed by atoms with Crippen molar-refractivity contribution < 1.29 is 8.60 Å². The van der Waals surface area contributed by atoms with Gasteiger partial charge in [0.25, 0.3) is 0 Å². The summed E-state index contributed by atoms with van der Waals surface area (Å²) in [6.45, 7) is 0. The topological polar surface area (TPSA) is 71.6 Å². The average molecular weight is 290 g/mol. The summed E-state index contributed by atoms with van der Waals surface area (Å²) >= 11 is 0. The van der Waals surface area contributed by atoms with Gasteiger partial charge in [0.15, 0.2) is 12.0 Å². The van der Waals surface area contributed by atoms with Crippen LogP contribution in [0.15, 0.2) is 35.5 Å². The second-order valence-corrected chi connectivity index (χ2v) is 5.82. The van der Waals surface area contributed by atoms with Crippen LogP contribution in [-0.4, -0.2) is 24.7 Å². The zero-order chi connectivity index (χ0) is 14.1. The lowest BCUT2D eigenvalue weighted by Gasteiger charge is -2.11. The molecular weight excluding hydrogens is 279 g/mol. The first kappa shape index (κ1) is 12.9. The molecule has 0 spiro atoms. The summed E-state index contributed by atoms with van der Waals surface area (Å²) in [5, 5.41) is 12.7. The molecule has 0 saturated heterocycles. The molecule has 1 aromatic heterocycles. The van der Waals surface area contributed by atoms with Crippen LogP contribution in [0.3, 0.4) is 0 Å². The lowest BCUT2D eigenvalue weighted by atomic mass is 10.0. The molecule has 3 rings (SSSR count). The summed E-state index contributed by atoms with van der Waals surface area (Å²) in [5.41, 5.74) is 0.941. The third-order valence-corrected chi connectivity index (χ3v) is 4.20. The normalized spacial score (nSPS) is 22.2. The number of hydrogen-bond donors (Lipinski definition) is 0. The molecule has 3 atom stereocenters. The van der Waals surface area contributed by atoms with Crippen molar-refractivity contribution in [1.29, 1.82) is 5.26 Å². The average Bonchev–Trinajstić information content (AvgIpc) is 3.01. The van der Waals surface area contributed by atoms with Crippen molar-refractivity contribution in [3.05, 3.63) is 41.7 Å². The maximum Gasteiger partial charge on any atom is 0.240 e. The summed E-state index contributed by atoms with van der Waals surface area (Å²) in [4.78, 5) is 3.99. The van der Waals surface area contributed by atoms with Crippen molar-refractivity contribution >= 4 is 10.8 Å². The van der Waals surface area contributed by atoms with E-state index in [0.717, 1.165) is 5.56 Å². The molecule has 20 heavy (non-hydrogen) atoms. The van der Waals surface area contributed by atoms with Gasteiger partial charge in [-0.05, 0) is 5.56 Å². The highest BCUT2D eigenvalue weighted by Gasteiger charge is 2.36. The fourth-order valence-electron chi connectivity index (χ4n) is 2.33. The first-order chi connectivity index (χ1) is 9.70. The summed E-state index contributed by atoms with van der Waals surface area (Å²) in [6.07, 6.45) is -0.939. The van der Waals surface area contributed by atoms with Gasteiger partial charge in [0.05, 0.1) is 12.1 Å². The highest BCUT2D eigenvalue weighted by Crippen LogP contribution is 2.39. The Labute approximate surface area is 117 Å². The second-order valence-electron chi connectivity index (χ2n) is 4.47. The molecule has 0 unspecified atom stereocenters. The van der Waals surface area contributed by atoms with Gasteiger partial charge >= 0.3 is 0 Å². The highest BCUT2D eigenvalue weighted by molar-refractivity contribution is 7.85. The summed E-state index contributed by atoms with van der Waals surface area (Å²) < 4.78 is 27.2. The van der Waals surface area contributed by atoms with Crippen LogP contribution in [0.5, 0.6) is 0 Å². The quantitative estimate of drug-likeness (QED) is 0.865. The molecule has 2 aromatic rings. The van der Waals surface area contributed by atoms with Crippen molar-refractivity contribution in [1.82, 2.24) is 14.8 Å². The smallest absolute Gasteiger partial charge is 0.240 e. The van der Waals surface area contributed by atoms with Gasteiger partial charge in [-0.1, -0.05) is 30.3 Å². The molecule has 1 aromatic carbocycles. The zero-order valence-electron chi connectivity index (χ0n) is 10.4. The fraction of sp³-hybridized carbons (Fsp3) is 0.308. The lowest BCUT2D eigenvalue weighted by molar-refractivity contribution is 0.327. The van der Waals surface area contributed by atoms with Gasteiger partial charge in [-0.15, -0.1) is 5.10 Å². The van der Waals surface area contributed by atoms with Crippen LogP contribution >= 0.6 is 0 Å². The standard InChI is InChI=1S/C13H11FN4OS/c14-10-8-11(9-4-2-1-3-5-9)18-12(10)16-13(17-18)20(19)7-6-15/h1-5,10-11H,7-8H2/t10-,11-,20+/m0/s1. The van der Waals surface area contributed by atoms with E-state index in [4.69, 9.17) is 5.26 Å². The number of rotatable bonds is 3. The van der Waals surface area contributed by atoms with Crippen LogP contribution in [0.2, 0.25) is 0 Å². The van der Waals surface area contributed by atoms with Gasteiger partial charge in [-0.3, -0.25) is 0 Å². The number of alkyl halides is 1. The minimum Gasteiger partial charge on any atom is -0.250 e. The predicted molar refractivity (Wildman–Crippen MR) is 70.0 cm³/mol. The SMILES string of the molecule is N#CC[S@@](=O)c1nc2n(n1)[C@H](c1ccccc1)C[C@@H]2F. The number of nitrogens with zero attached hydrogens (tertiary/aromatic N) is 4. The molecule has 0 aliphatic carbocycles. The van der Waals surface area contributed by atoms with E-state index in [-0.39, 0.29) is 29.2 Å². The summed E-state index contributed by atoms with van der Waals surface area (Å²) in [7, 11) is -1.60. The number of nitriles is 1. The molecule has 102 valence electrons. The number of aromatic nitrogens is 3. The van der Waals surface area contributed by atoms with E-state index in [9.17, 15) is 8.60 Å². The van der Waals surface area contributed by atoms with E-state index in [1.807, 2.05) is 30.3 Å². The van der Waals surface area contributed by atoms with Crippen molar-refractivity contribution in [3.8, 4) is 6.07 Å². The van der Waals surface area contributed by atoms with Gasteiger partial charge in [0.1, 0.15) is 16.6 Å². The molecule has 1 aliphatic rings. The molecule has 0 amide bonds. The van der Waals surface area contributed by atoms with Gasteiger partial charge in [0, 0.05) is 6.42 Å². The Hall–Kier alpha value is -2.07. The highest BCUT2D eigenvalue weighted by atomic mass is 32.2. The monoisotopic (exact) mass is 290 g/mol. The molecule has 1 aliphatic heterocycles. The molecule has 7 heteroatoms. The van der Waals surface area contributed by atoms with Crippen LogP contribution in [0, 0.1) is 11.3 Å². The van der Waals surface area contributed by atoms with E-state index >= 15 is 0 Å². The number of halogens is 1. The first-order valence-corrected chi connectivity index (χ1v) is 7.43. The van der Waals surface area contributed by atoms with Gasteiger partial charge in [0.2, 0.25) is 5.16 Å². The number of benzene rings is 1. The third kappa shape index (κ3) is 2.12. The molecule has 0 radical (unpaired) electrons. The van der Waals surface area contributed by atoms with Crippen molar-refractivity contribution in [3.63, 3.8) is 0 Å². The van der Waals surface area contributed by atoms with E-state index in [0.29, 0.717) is 0 Å². The summed E-state index contributed by atoms with van der Waals surface area (Å²) in [6, 6.07) is 11.0. The minimum absolute atomic E-state index is 0.0323. The van der Waals surface area contributed by atoms with Crippen molar-refractivity contribution in [2.75, 3.05) is 5.75 Å². The van der Waals surface area contributed by atoms with Crippen LogP contribution in [-0.2, 0) is 10.8 Å². The minimum atomic E-state index is -1.60. The van der Waals surface area contributed by atoms with Gasteiger partial charge < -0.3 is 0 Å². The second kappa shape index (κ2) is 5.13. The van der Waals surface area contributed by atoms with E-state index < -0.39 is 17.0 Å². The Morgan fingerprint density at radius 1 is 1.45 bits per heavy atom. The zero-order valence-corrected chi connectivity index (χ0v) is 11.3.